The van der Waals surface area contributed by atoms with Crippen molar-refractivity contribution in [3.05, 3.63) is 23.8 Å². The van der Waals surface area contributed by atoms with E-state index in [4.69, 9.17) is 14.2 Å². The predicted molar refractivity (Wildman–Crippen MR) is 95.1 cm³/mol. The molecule has 0 aromatic heterocycles. The molecule has 1 amide bonds. The number of amides is 1. The Balaban J connectivity index is 1.64. The molecule has 2 aliphatic heterocycles. The highest BCUT2D eigenvalue weighted by Gasteiger charge is 2.34. The molecule has 1 aromatic carbocycles. The minimum Gasteiger partial charge on any atom is -0.497 e. The van der Waals surface area contributed by atoms with E-state index in [-0.39, 0.29) is 17.6 Å². The highest BCUT2D eigenvalue weighted by Crippen LogP contribution is 2.41. The van der Waals surface area contributed by atoms with E-state index in [1.807, 2.05) is 32.0 Å². The lowest BCUT2D eigenvalue weighted by Crippen LogP contribution is -2.42. The molecule has 2 aliphatic rings. The van der Waals surface area contributed by atoms with E-state index in [2.05, 4.69) is 10.2 Å². The molecule has 1 aromatic rings. The van der Waals surface area contributed by atoms with Gasteiger partial charge in [0.05, 0.1) is 26.4 Å². The summed E-state index contributed by atoms with van der Waals surface area (Å²) < 4.78 is 16.7. The van der Waals surface area contributed by atoms with Gasteiger partial charge in [-0.05, 0) is 26.0 Å². The third kappa shape index (κ3) is 4.64. The fourth-order valence-corrected chi connectivity index (χ4v) is 3.44. The summed E-state index contributed by atoms with van der Waals surface area (Å²) in [6, 6.07) is 5.74. The van der Waals surface area contributed by atoms with Crippen LogP contribution in [0.25, 0.3) is 0 Å². The van der Waals surface area contributed by atoms with Crippen LogP contribution in [0.5, 0.6) is 11.5 Å². The molecule has 0 unspecified atom stereocenters. The summed E-state index contributed by atoms with van der Waals surface area (Å²) in [7, 11) is 1.64. The van der Waals surface area contributed by atoms with Crippen molar-refractivity contribution in [3.8, 4) is 11.5 Å². The smallest absolute Gasteiger partial charge is 0.221 e. The number of carbonyl (C=O) groups is 1. The average molecular weight is 348 g/mol. The lowest BCUT2D eigenvalue weighted by atomic mass is 9.89. The minimum absolute atomic E-state index is 0.0400. The second-order valence-corrected chi connectivity index (χ2v) is 7.29. The Morgan fingerprint density at radius 1 is 1.36 bits per heavy atom. The van der Waals surface area contributed by atoms with E-state index < -0.39 is 0 Å². The van der Waals surface area contributed by atoms with Crippen molar-refractivity contribution in [2.24, 2.45) is 0 Å². The van der Waals surface area contributed by atoms with Crippen LogP contribution in [-0.4, -0.2) is 56.4 Å². The maximum Gasteiger partial charge on any atom is 0.221 e. The Labute approximate surface area is 149 Å². The normalized spacial score (nSPS) is 22.6. The summed E-state index contributed by atoms with van der Waals surface area (Å²) in [6.45, 7) is 8.18. The quantitative estimate of drug-likeness (QED) is 0.883. The molecule has 3 rings (SSSR count). The summed E-state index contributed by atoms with van der Waals surface area (Å²) in [5.74, 6) is 1.62. The van der Waals surface area contributed by atoms with Crippen molar-refractivity contribution in [1.29, 1.82) is 0 Å². The van der Waals surface area contributed by atoms with Gasteiger partial charge in [-0.15, -0.1) is 0 Å². The molecule has 25 heavy (non-hydrogen) atoms. The van der Waals surface area contributed by atoms with Gasteiger partial charge in [-0.25, -0.2) is 0 Å². The van der Waals surface area contributed by atoms with Crippen LogP contribution >= 0.6 is 0 Å². The van der Waals surface area contributed by atoms with Gasteiger partial charge in [0.1, 0.15) is 17.1 Å². The number of nitrogens with zero attached hydrogens (tertiary/aromatic N) is 1. The summed E-state index contributed by atoms with van der Waals surface area (Å²) >= 11 is 0. The zero-order valence-corrected chi connectivity index (χ0v) is 15.3. The molecule has 0 radical (unpaired) electrons. The number of hydrogen-bond donors (Lipinski definition) is 1. The van der Waals surface area contributed by atoms with Crippen molar-refractivity contribution in [3.63, 3.8) is 0 Å². The van der Waals surface area contributed by atoms with E-state index in [0.717, 1.165) is 56.3 Å². The first-order chi connectivity index (χ1) is 12.0. The Morgan fingerprint density at radius 3 is 2.84 bits per heavy atom. The van der Waals surface area contributed by atoms with E-state index in [0.29, 0.717) is 6.42 Å². The summed E-state index contributed by atoms with van der Waals surface area (Å²) in [5.41, 5.74) is 0.682. The molecule has 1 fully saturated rings. The number of benzene rings is 1. The number of morpholine rings is 1. The van der Waals surface area contributed by atoms with Gasteiger partial charge < -0.3 is 19.5 Å². The Hall–Kier alpha value is -1.79. The highest BCUT2D eigenvalue weighted by atomic mass is 16.5. The molecular formula is C19H28N2O4. The number of hydrogen-bond acceptors (Lipinski definition) is 5. The molecule has 0 spiro atoms. The maximum absolute atomic E-state index is 12.5. The fraction of sp³-hybridized carbons (Fsp3) is 0.632. The van der Waals surface area contributed by atoms with Crippen molar-refractivity contribution in [2.75, 3.05) is 40.0 Å². The molecule has 138 valence electrons. The number of fused-ring (bicyclic) bond motifs is 1. The van der Waals surface area contributed by atoms with Gasteiger partial charge in [0.2, 0.25) is 5.91 Å². The molecule has 0 saturated carbocycles. The topological polar surface area (TPSA) is 60.0 Å². The van der Waals surface area contributed by atoms with E-state index >= 15 is 0 Å². The monoisotopic (exact) mass is 348 g/mol. The van der Waals surface area contributed by atoms with Crippen LogP contribution in [0, 0.1) is 0 Å². The number of ether oxygens (including phenoxy) is 3. The second kappa shape index (κ2) is 7.62. The van der Waals surface area contributed by atoms with Crippen LogP contribution in [0.2, 0.25) is 0 Å². The number of rotatable bonds is 5. The van der Waals surface area contributed by atoms with Gasteiger partial charge in [0.15, 0.2) is 0 Å². The first-order valence-electron chi connectivity index (χ1n) is 8.93. The standard InChI is InChI=1S/C19H28N2O4/c1-19(2)13-16(15-5-4-14(23-3)12-17(15)25-19)20-18(22)6-7-21-8-10-24-11-9-21/h4-5,12,16H,6-11,13H2,1-3H3,(H,20,22)/t16-/m1/s1. The Morgan fingerprint density at radius 2 is 2.12 bits per heavy atom. The molecule has 6 nitrogen and oxygen atoms in total. The van der Waals surface area contributed by atoms with Crippen LogP contribution in [0.15, 0.2) is 18.2 Å². The third-order valence-corrected chi connectivity index (χ3v) is 4.77. The molecule has 0 bridgehead atoms. The summed E-state index contributed by atoms with van der Waals surface area (Å²) in [5, 5.41) is 3.19. The first kappa shape index (κ1) is 18.0. The van der Waals surface area contributed by atoms with Gasteiger partial charge >= 0.3 is 0 Å². The minimum atomic E-state index is -0.332. The third-order valence-electron chi connectivity index (χ3n) is 4.77. The van der Waals surface area contributed by atoms with Crippen LogP contribution in [-0.2, 0) is 9.53 Å². The van der Waals surface area contributed by atoms with Gasteiger partial charge in [-0.1, -0.05) is 0 Å². The van der Waals surface area contributed by atoms with Crippen molar-refractivity contribution < 1.29 is 19.0 Å². The van der Waals surface area contributed by atoms with Gasteiger partial charge in [0, 0.05) is 44.1 Å². The van der Waals surface area contributed by atoms with E-state index in [1.54, 1.807) is 7.11 Å². The SMILES string of the molecule is COc1ccc2c(c1)OC(C)(C)C[C@H]2NC(=O)CCN1CCOCC1. The molecule has 6 heteroatoms. The van der Waals surface area contributed by atoms with Crippen molar-refractivity contribution in [2.45, 2.75) is 38.3 Å². The lowest BCUT2D eigenvalue weighted by molar-refractivity contribution is -0.122. The largest absolute Gasteiger partial charge is 0.497 e. The summed E-state index contributed by atoms with van der Waals surface area (Å²) in [4.78, 5) is 14.7. The maximum atomic E-state index is 12.5. The lowest BCUT2D eigenvalue weighted by Gasteiger charge is -2.38. The zero-order valence-electron chi connectivity index (χ0n) is 15.3. The van der Waals surface area contributed by atoms with E-state index in [9.17, 15) is 4.79 Å². The number of methoxy groups -OCH3 is 1. The second-order valence-electron chi connectivity index (χ2n) is 7.29. The molecular weight excluding hydrogens is 320 g/mol. The Bertz CT molecular complexity index is 611. The first-order valence-corrected chi connectivity index (χ1v) is 8.93. The van der Waals surface area contributed by atoms with Gasteiger partial charge in [-0.3, -0.25) is 9.69 Å². The van der Waals surface area contributed by atoms with Crippen molar-refractivity contribution in [1.82, 2.24) is 10.2 Å². The molecule has 1 N–H and O–H groups in total. The molecule has 2 heterocycles. The predicted octanol–water partition coefficient (Wildman–Crippen LogP) is 2.14. The molecule has 1 saturated heterocycles. The Kier molecular flexibility index (Phi) is 5.49. The van der Waals surface area contributed by atoms with Crippen LogP contribution in [0.1, 0.15) is 38.3 Å². The number of nitrogens with one attached hydrogen (secondary N) is 1. The van der Waals surface area contributed by atoms with Gasteiger partial charge in [-0.2, -0.15) is 0 Å². The van der Waals surface area contributed by atoms with E-state index in [1.165, 1.54) is 0 Å². The zero-order chi connectivity index (χ0) is 17.9. The molecule has 0 aliphatic carbocycles. The fourth-order valence-electron chi connectivity index (χ4n) is 3.44. The van der Waals surface area contributed by atoms with Crippen molar-refractivity contribution >= 4 is 5.91 Å². The van der Waals surface area contributed by atoms with Crippen LogP contribution in [0.3, 0.4) is 0 Å². The number of carbonyl (C=O) groups excluding carboxylic acids is 1. The van der Waals surface area contributed by atoms with Crippen LogP contribution in [0.4, 0.5) is 0 Å². The molecule has 1 atom stereocenters. The van der Waals surface area contributed by atoms with Gasteiger partial charge in [0.25, 0.3) is 0 Å². The average Bonchev–Trinajstić information content (AvgIpc) is 2.59. The highest BCUT2D eigenvalue weighted by molar-refractivity contribution is 5.77. The van der Waals surface area contributed by atoms with Crippen LogP contribution < -0.4 is 14.8 Å². The summed E-state index contributed by atoms with van der Waals surface area (Å²) in [6.07, 6.45) is 1.25.